The van der Waals surface area contributed by atoms with E-state index in [2.05, 4.69) is 16.3 Å². The molecule has 1 aromatic carbocycles. The molecule has 4 rings (SSSR count). The topological polar surface area (TPSA) is 72.6 Å². The third-order valence-electron chi connectivity index (χ3n) is 7.75. The third kappa shape index (κ3) is 6.47. The molecule has 37 heavy (non-hydrogen) atoms. The molecule has 2 aliphatic heterocycles. The highest BCUT2D eigenvalue weighted by molar-refractivity contribution is 6.31. The lowest BCUT2D eigenvalue weighted by Gasteiger charge is -2.34. The highest BCUT2D eigenvalue weighted by atomic mass is 35.5. The van der Waals surface area contributed by atoms with Crippen molar-refractivity contribution in [2.45, 2.75) is 70.9 Å². The first-order valence-corrected chi connectivity index (χ1v) is 13.3. The normalized spacial score (nSPS) is 23.0. The van der Waals surface area contributed by atoms with Gasteiger partial charge in [-0.15, -0.1) is 0 Å². The van der Waals surface area contributed by atoms with Crippen LogP contribution < -0.4 is 5.32 Å². The predicted octanol–water partition coefficient (Wildman–Crippen LogP) is 5.32. The summed E-state index contributed by atoms with van der Waals surface area (Å²) in [4.78, 5) is 27.8. The lowest BCUT2D eigenvalue weighted by molar-refractivity contribution is -0.468. The van der Waals surface area contributed by atoms with Crippen molar-refractivity contribution in [2.75, 3.05) is 19.6 Å². The Morgan fingerprint density at radius 2 is 2.03 bits per heavy atom. The maximum absolute atomic E-state index is 13.6. The summed E-state index contributed by atoms with van der Waals surface area (Å²) in [6.45, 7) is 4.46. The number of carboxylic acid groups (broad SMARTS) is 1. The summed E-state index contributed by atoms with van der Waals surface area (Å²) < 4.78 is 28.8. The molecular weight excluding hydrogens is 500 g/mol. The van der Waals surface area contributed by atoms with Crippen LogP contribution in [-0.2, 0) is 16.1 Å². The first-order valence-electron chi connectivity index (χ1n) is 13.0. The number of allylic oxidation sites excluding steroid dienone is 1. The third-order valence-corrected chi connectivity index (χ3v) is 8.10. The van der Waals surface area contributed by atoms with E-state index in [1.54, 1.807) is 30.0 Å². The Bertz CT molecular complexity index is 1130. The van der Waals surface area contributed by atoms with Crippen molar-refractivity contribution in [1.82, 2.24) is 10.2 Å². The van der Waals surface area contributed by atoms with Crippen LogP contribution in [0, 0.1) is 5.41 Å². The van der Waals surface area contributed by atoms with Gasteiger partial charge in [0.25, 0.3) is 6.43 Å². The number of halogens is 3. The molecule has 1 aliphatic carbocycles. The maximum Gasteiger partial charge on any atom is 0.305 e. The summed E-state index contributed by atoms with van der Waals surface area (Å²) in [5.41, 5.74) is 0.750. The SMILES string of the molecule is CC1=C[N+](Cc2c(Cl)cccc2C(F)F)=C[C@@]1(CC(=O)O)C(=O)NC1CCN(CC2=CCCCC2)CC1. The lowest BCUT2D eigenvalue weighted by Crippen LogP contribution is -2.51. The second-order valence-corrected chi connectivity index (χ2v) is 10.8. The van der Waals surface area contributed by atoms with Crippen molar-refractivity contribution in [3.8, 4) is 0 Å². The number of nitrogens with one attached hydrogen (secondary N) is 1. The van der Waals surface area contributed by atoms with Crippen LogP contribution >= 0.6 is 11.6 Å². The quantitative estimate of drug-likeness (QED) is 0.332. The van der Waals surface area contributed by atoms with Gasteiger partial charge in [-0.25, -0.2) is 13.4 Å². The molecule has 200 valence electrons. The van der Waals surface area contributed by atoms with Crippen LogP contribution in [0.1, 0.15) is 69.4 Å². The number of likely N-dealkylation sites (tertiary alicyclic amines) is 1. The zero-order valence-corrected chi connectivity index (χ0v) is 21.9. The molecular formula is C28H35ClF2N3O3+. The maximum atomic E-state index is 13.6. The van der Waals surface area contributed by atoms with Crippen LogP contribution in [-0.4, -0.2) is 58.3 Å². The van der Waals surface area contributed by atoms with Gasteiger partial charge in [0, 0.05) is 42.4 Å². The van der Waals surface area contributed by atoms with E-state index < -0.39 is 24.2 Å². The van der Waals surface area contributed by atoms with Gasteiger partial charge in [0.15, 0.2) is 24.4 Å². The monoisotopic (exact) mass is 534 g/mol. The average Bonchev–Trinajstić information content (AvgIpc) is 3.17. The van der Waals surface area contributed by atoms with Crippen LogP contribution in [0.25, 0.3) is 0 Å². The fraction of sp³-hybridized carbons (Fsp3) is 0.536. The number of carboxylic acids is 1. The summed E-state index contributed by atoms with van der Waals surface area (Å²) in [5.74, 6) is -1.48. The van der Waals surface area contributed by atoms with Crippen LogP contribution in [0.4, 0.5) is 8.78 Å². The van der Waals surface area contributed by atoms with Crippen molar-refractivity contribution in [3.05, 3.63) is 57.8 Å². The molecule has 0 unspecified atom stereocenters. The highest BCUT2D eigenvalue weighted by Gasteiger charge is 2.49. The smallest absolute Gasteiger partial charge is 0.305 e. The Hall–Kier alpha value is -2.58. The molecule has 0 saturated carbocycles. The molecule has 1 saturated heterocycles. The zero-order chi connectivity index (χ0) is 26.6. The Morgan fingerprint density at radius 1 is 1.27 bits per heavy atom. The van der Waals surface area contributed by atoms with Gasteiger partial charge >= 0.3 is 5.97 Å². The second-order valence-electron chi connectivity index (χ2n) is 10.4. The molecule has 0 spiro atoms. The number of piperidine rings is 1. The van der Waals surface area contributed by atoms with Crippen LogP contribution in [0.3, 0.4) is 0 Å². The number of amides is 1. The molecule has 1 amide bonds. The average molecular weight is 535 g/mol. The fourth-order valence-electron chi connectivity index (χ4n) is 5.63. The first kappa shape index (κ1) is 27.5. The molecule has 2 N–H and O–H groups in total. The minimum absolute atomic E-state index is 0.0135. The van der Waals surface area contributed by atoms with Gasteiger partial charge in [0.1, 0.15) is 0 Å². The first-order chi connectivity index (χ1) is 17.7. The van der Waals surface area contributed by atoms with E-state index in [1.165, 1.54) is 37.0 Å². The number of hydrogen-bond acceptors (Lipinski definition) is 3. The van der Waals surface area contributed by atoms with Gasteiger partial charge in [-0.3, -0.25) is 14.5 Å². The molecule has 1 fully saturated rings. The van der Waals surface area contributed by atoms with Crippen LogP contribution in [0.2, 0.25) is 5.02 Å². The number of carbonyl (C=O) groups excluding carboxylic acids is 1. The molecule has 1 aromatic rings. The van der Waals surface area contributed by atoms with Crippen LogP contribution in [0.15, 0.2) is 41.6 Å². The number of carbonyl (C=O) groups is 2. The molecule has 0 radical (unpaired) electrons. The van der Waals surface area contributed by atoms with E-state index in [4.69, 9.17) is 11.6 Å². The zero-order valence-electron chi connectivity index (χ0n) is 21.2. The van der Waals surface area contributed by atoms with E-state index >= 15 is 0 Å². The summed E-state index contributed by atoms with van der Waals surface area (Å²) in [5, 5.41) is 13.0. The Kier molecular flexibility index (Phi) is 8.80. The fourth-order valence-corrected chi connectivity index (χ4v) is 5.87. The highest BCUT2D eigenvalue weighted by Crippen LogP contribution is 2.36. The van der Waals surface area contributed by atoms with E-state index in [9.17, 15) is 23.5 Å². The summed E-state index contributed by atoms with van der Waals surface area (Å²) in [6.07, 6.45) is 8.88. The minimum Gasteiger partial charge on any atom is -0.481 e. The van der Waals surface area contributed by atoms with Gasteiger partial charge in [-0.2, -0.15) is 0 Å². The van der Waals surface area contributed by atoms with E-state index in [0.29, 0.717) is 5.57 Å². The number of nitrogens with zero attached hydrogens (tertiary/aromatic N) is 2. The van der Waals surface area contributed by atoms with Gasteiger partial charge < -0.3 is 10.4 Å². The van der Waals surface area contributed by atoms with Crippen molar-refractivity contribution >= 4 is 29.7 Å². The number of rotatable bonds is 9. The van der Waals surface area contributed by atoms with E-state index in [0.717, 1.165) is 38.9 Å². The number of hydrogen-bond donors (Lipinski definition) is 2. The Balaban J connectivity index is 1.46. The lowest BCUT2D eigenvalue weighted by atomic mass is 9.79. The van der Waals surface area contributed by atoms with Gasteiger partial charge in [0.2, 0.25) is 5.91 Å². The van der Waals surface area contributed by atoms with Gasteiger partial charge in [-0.05, 0) is 51.5 Å². The largest absolute Gasteiger partial charge is 0.481 e. The molecule has 1 atom stereocenters. The molecule has 3 aliphatic rings. The summed E-state index contributed by atoms with van der Waals surface area (Å²) >= 11 is 6.23. The molecule has 9 heteroatoms. The number of benzene rings is 1. The molecule has 0 aromatic heterocycles. The minimum atomic E-state index is -2.70. The van der Waals surface area contributed by atoms with Gasteiger partial charge in [0.05, 0.1) is 11.4 Å². The Labute approximate surface area is 221 Å². The van der Waals surface area contributed by atoms with Gasteiger partial charge in [-0.1, -0.05) is 35.4 Å². The molecule has 2 heterocycles. The molecule has 6 nitrogen and oxygen atoms in total. The Morgan fingerprint density at radius 3 is 2.68 bits per heavy atom. The molecule has 0 bridgehead atoms. The van der Waals surface area contributed by atoms with Crippen molar-refractivity contribution in [3.63, 3.8) is 0 Å². The second kappa shape index (κ2) is 11.9. The van der Waals surface area contributed by atoms with Crippen molar-refractivity contribution in [2.24, 2.45) is 5.41 Å². The van der Waals surface area contributed by atoms with Crippen molar-refractivity contribution < 1.29 is 28.1 Å². The summed E-state index contributed by atoms with van der Waals surface area (Å²) in [6, 6.07) is 4.30. The van der Waals surface area contributed by atoms with Crippen LogP contribution in [0.5, 0.6) is 0 Å². The number of alkyl halides is 2. The number of aliphatic carboxylic acids is 1. The standard InChI is InChI=1S/C28H34ClF2N3O3/c1-19-15-34(17-23-22(26(30)31)8-5-9-24(23)29)18-28(19,14-25(35)36)27(37)32-21-10-12-33(13-11-21)16-20-6-3-2-4-7-20/h5-6,8-9,15,18,21,26H,2-4,7,10-14,16-17H2,1H3,(H-,32,35,36,37)/p+1/t28-/m1/s1. The predicted molar refractivity (Wildman–Crippen MR) is 139 cm³/mol. The summed E-state index contributed by atoms with van der Waals surface area (Å²) in [7, 11) is 0. The van der Waals surface area contributed by atoms with Crippen molar-refractivity contribution in [1.29, 1.82) is 0 Å². The van der Waals surface area contributed by atoms with E-state index in [1.807, 2.05) is 0 Å². The van der Waals surface area contributed by atoms with E-state index in [-0.39, 0.29) is 34.6 Å².